The van der Waals surface area contributed by atoms with E-state index < -0.39 is 0 Å². The van der Waals surface area contributed by atoms with Crippen molar-refractivity contribution in [3.8, 4) is 0 Å². The number of carbonyl (C=O) groups is 4. The van der Waals surface area contributed by atoms with Crippen LogP contribution in [0, 0.1) is 40.4 Å². The topological polar surface area (TPSA) is 104 Å². The van der Waals surface area contributed by atoms with E-state index in [1.165, 1.54) is 17.8 Å². The lowest BCUT2D eigenvalue weighted by molar-refractivity contribution is -0.133. The average molecular weight is 548 g/mol. The molecule has 0 saturated heterocycles. The predicted molar refractivity (Wildman–Crippen MR) is 156 cm³/mol. The molecule has 0 aliphatic heterocycles. The summed E-state index contributed by atoms with van der Waals surface area (Å²) < 4.78 is 5.90. The molecular formula is C34H45NO5. The number of hydrogen-bond donors (Lipinski definition) is 1. The van der Waals surface area contributed by atoms with E-state index in [9.17, 15) is 19.2 Å². The van der Waals surface area contributed by atoms with Crippen molar-refractivity contribution in [2.75, 3.05) is 13.2 Å². The van der Waals surface area contributed by atoms with E-state index in [1.54, 1.807) is 24.3 Å². The van der Waals surface area contributed by atoms with E-state index in [-0.39, 0.29) is 59.7 Å². The lowest BCUT2D eigenvalue weighted by Crippen LogP contribution is -2.50. The second kappa shape index (κ2) is 12.8. The minimum atomic E-state index is -0.320. The molecule has 0 aromatic carbocycles. The van der Waals surface area contributed by atoms with Crippen LogP contribution < -0.4 is 5.73 Å². The zero-order chi connectivity index (χ0) is 28.9. The van der Waals surface area contributed by atoms with Crippen LogP contribution in [0.15, 0.2) is 59.9 Å². The molecule has 4 rings (SSSR count). The Hall–Kier alpha value is -2.86. The van der Waals surface area contributed by atoms with Gasteiger partial charge in [0.25, 0.3) is 0 Å². The molecule has 6 nitrogen and oxygen atoms in total. The first-order chi connectivity index (χ1) is 19.2. The van der Waals surface area contributed by atoms with Gasteiger partial charge in [0.2, 0.25) is 0 Å². The summed E-state index contributed by atoms with van der Waals surface area (Å²) in [7, 11) is 0. The Morgan fingerprint density at radius 2 is 1.93 bits per heavy atom. The van der Waals surface area contributed by atoms with Crippen molar-refractivity contribution >= 4 is 23.6 Å². The van der Waals surface area contributed by atoms with E-state index in [0.717, 1.165) is 50.4 Å². The molecule has 0 heterocycles. The second-order valence-electron chi connectivity index (χ2n) is 12.6. The summed E-state index contributed by atoms with van der Waals surface area (Å²) >= 11 is 0. The standard InChI is InChI=1S/C34H45NO5/c1-4-24(15-19-36)31(38)12-7-23(6-5-18-35)21-40-22-32(39)30-11-10-28-27-9-8-25-20-26(37)13-16-33(25,2)29(27)14-17-34(28,30)3/h5-7,12-13,16,18-20,24,27-30H,4,8-11,14-15,17,21-22,35H2,1-3H3/b12-7-,18-5+,23-6+. The van der Waals surface area contributed by atoms with Crippen molar-refractivity contribution in [3.05, 3.63) is 59.9 Å². The highest BCUT2D eigenvalue weighted by Gasteiger charge is 2.59. The first-order valence-electron chi connectivity index (χ1n) is 15.0. The number of rotatable bonds is 12. The second-order valence-corrected chi connectivity index (χ2v) is 12.6. The minimum Gasteiger partial charge on any atom is -0.405 e. The van der Waals surface area contributed by atoms with Crippen LogP contribution in [-0.2, 0) is 23.9 Å². The zero-order valence-corrected chi connectivity index (χ0v) is 24.3. The number of ketones is 3. The van der Waals surface area contributed by atoms with Crippen LogP contribution >= 0.6 is 0 Å². The molecule has 4 aliphatic rings. The Morgan fingerprint density at radius 3 is 2.65 bits per heavy atom. The molecule has 0 aromatic heterocycles. The van der Waals surface area contributed by atoms with Crippen LogP contribution in [0.25, 0.3) is 0 Å². The van der Waals surface area contributed by atoms with Gasteiger partial charge in [-0.1, -0.05) is 44.6 Å². The molecule has 0 aromatic rings. The molecule has 40 heavy (non-hydrogen) atoms. The highest BCUT2D eigenvalue weighted by molar-refractivity contribution is 6.01. The number of nitrogens with two attached hydrogens (primary N) is 1. The van der Waals surface area contributed by atoms with E-state index >= 15 is 0 Å². The van der Waals surface area contributed by atoms with Crippen LogP contribution in [0.3, 0.4) is 0 Å². The molecule has 3 saturated carbocycles. The van der Waals surface area contributed by atoms with Gasteiger partial charge < -0.3 is 15.3 Å². The molecule has 0 bridgehead atoms. The Labute approximate surface area is 238 Å². The molecule has 7 unspecified atom stereocenters. The largest absolute Gasteiger partial charge is 0.405 e. The van der Waals surface area contributed by atoms with Gasteiger partial charge in [-0.05, 0) is 104 Å². The lowest BCUT2D eigenvalue weighted by atomic mass is 9.47. The summed E-state index contributed by atoms with van der Waals surface area (Å²) in [6.07, 6.45) is 21.5. The fraction of sp³-hybridized carbons (Fsp3) is 0.588. The molecule has 3 fully saturated rings. The van der Waals surface area contributed by atoms with Gasteiger partial charge in [-0.25, -0.2) is 0 Å². The number of allylic oxidation sites excluding steroid dienone is 7. The van der Waals surface area contributed by atoms with Crippen LogP contribution in [0.4, 0.5) is 0 Å². The minimum absolute atomic E-state index is 0.00573. The highest BCUT2D eigenvalue weighted by atomic mass is 16.5. The van der Waals surface area contributed by atoms with Gasteiger partial charge in [-0.2, -0.15) is 0 Å². The van der Waals surface area contributed by atoms with Gasteiger partial charge in [0.15, 0.2) is 17.3 Å². The predicted octanol–water partition coefficient (Wildman–Crippen LogP) is 5.64. The summed E-state index contributed by atoms with van der Waals surface area (Å²) in [6, 6.07) is 0. The monoisotopic (exact) mass is 547 g/mol. The van der Waals surface area contributed by atoms with E-state index in [1.807, 2.05) is 13.0 Å². The summed E-state index contributed by atoms with van der Waals surface area (Å²) in [5, 5.41) is 0. The van der Waals surface area contributed by atoms with Crippen molar-refractivity contribution < 1.29 is 23.9 Å². The van der Waals surface area contributed by atoms with Crippen molar-refractivity contribution in [1.82, 2.24) is 0 Å². The third kappa shape index (κ3) is 5.93. The summed E-state index contributed by atoms with van der Waals surface area (Å²) in [4.78, 5) is 48.8. The molecule has 0 spiro atoms. The number of aldehydes is 1. The summed E-state index contributed by atoms with van der Waals surface area (Å²) in [5.41, 5.74) is 7.47. The van der Waals surface area contributed by atoms with E-state index in [4.69, 9.17) is 10.5 Å². The fourth-order valence-corrected chi connectivity index (χ4v) is 8.35. The lowest BCUT2D eigenvalue weighted by Gasteiger charge is -2.56. The molecule has 4 aliphatic carbocycles. The van der Waals surface area contributed by atoms with Gasteiger partial charge in [0.1, 0.15) is 12.9 Å². The maximum atomic E-state index is 13.5. The van der Waals surface area contributed by atoms with Crippen molar-refractivity contribution in [3.63, 3.8) is 0 Å². The molecule has 7 atom stereocenters. The van der Waals surface area contributed by atoms with Crippen LogP contribution in [0.1, 0.15) is 72.1 Å². The zero-order valence-electron chi connectivity index (χ0n) is 24.3. The van der Waals surface area contributed by atoms with Crippen molar-refractivity contribution in [1.29, 1.82) is 0 Å². The number of ether oxygens (including phenoxy) is 1. The van der Waals surface area contributed by atoms with Crippen LogP contribution in [0.2, 0.25) is 0 Å². The number of Topliss-reactive ketones (excluding diaryl/α,β-unsaturated/α-hetero) is 1. The number of fused-ring (bicyclic) bond motifs is 5. The van der Waals surface area contributed by atoms with Crippen LogP contribution in [0.5, 0.6) is 0 Å². The molecule has 0 radical (unpaired) electrons. The average Bonchev–Trinajstić information content (AvgIpc) is 3.30. The Morgan fingerprint density at radius 1 is 1.12 bits per heavy atom. The van der Waals surface area contributed by atoms with Crippen molar-refractivity contribution in [2.45, 2.75) is 72.1 Å². The molecule has 216 valence electrons. The van der Waals surface area contributed by atoms with Gasteiger partial charge in [-0.3, -0.25) is 14.4 Å². The quantitative estimate of drug-likeness (QED) is 0.193. The first kappa shape index (κ1) is 30.1. The van der Waals surface area contributed by atoms with Crippen molar-refractivity contribution in [2.24, 2.45) is 46.2 Å². The Kier molecular flexibility index (Phi) is 9.60. The van der Waals surface area contributed by atoms with E-state index in [2.05, 4.69) is 19.9 Å². The van der Waals surface area contributed by atoms with Gasteiger partial charge >= 0.3 is 0 Å². The summed E-state index contributed by atoms with van der Waals surface area (Å²) in [6.45, 7) is 6.77. The fourth-order valence-electron chi connectivity index (χ4n) is 8.35. The molecule has 2 N–H and O–H groups in total. The highest BCUT2D eigenvalue weighted by Crippen LogP contribution is 2.66. The smallest absolute Gasteiger partial charge is 0.178 e. The normalized spacial score (nSPS) is 34.3. The molecule has 6 heteroatoms. The third-order valence-electron chi connectivity index (χ3n) is 10.6. The number of carbonyl (C=O) groups excluding carboxylic acids is 4. The number of hydrogen-bond acceptors (Lipinski definition) is 6. The molecule has 0 amide bonds. The first-order valence-corrected chi connectivity index (χ1v) is 15.0. The van der Waals surface area contributed by atoms with E-state index in [0.29, 0.717) is 24.2 Å². The van der Waals surface area contributed by atoms with Crippen LogP contribution in [-0.4, -0.2) is 36.8 Å². The maximum Gasteiger partial charge on any atom is 0.178 e. The maximum absolute atomic E-state index is 13.5. The van der Waals surface area contributed by atoms with Gasteiger partial charge in [0.05, 0.1) is 6.61 Å². The third-order valence-corrected chi connectivity index (χ3v) is 10.6. The Bertz CT molecular complexity index is 1160. The summed E-state index contributed by atoms with van der Waals surface area (Å²) in [5.74, 6) is 1.47. The van der Waals surface area contributed by atoms with Gasteiger partial charge in [0, 0.05) is 23.7 Å². The SMILES string of the molecule is CCC(CC=O)C(=O)\C=C/C(=C\C=C\N)COCC(=O)C1CCC2C3CCC4=CC(=O)C=CC4(C)C3CCC12C. The Balaban J connectivity index is 1.37. The van der Waals surface area contributed by atoms with Gasteiger partial charge in [-0.15, -0.1) is 0 Å². The molecular weight excluding hydrogens is 502 g/mol.